The van der Waals surface area contributed by atoms with Crippen LogP contribution in [0.4, 0.5) is 5.69 Å². The molecule has 1 aliphatic heterocycles. The molecule has 0 spiro atoms. The van der Waals surface area contributed by atoms with Crippen LogP contribution < -0.4 is 25.0 Å². The molecule has 0 radical (unpaired) electrons. The number of guanidine groups is 1. The number of hydrogen-bond donors (Lipinski definition) is 2. The van der Waals surface area contributed by atoms with Gasteiger partial charge in [-0.3, -0.25) is 9.79 Å². The lowest BCUT2D eigenvalue weighted by molar-refractivity contribution is -0.117. The fourth-order valence-electron chi connectivity index (χ4n) is 3.32. The normalized spacial score (nSPS) is 16.8. The minimum Gasteiger partial charge on any atom is -0.493 e. The van der Waals surface area contributed by atoms with Crippen LogP contribution in [0.2, 0.25) is 0 Å². The fourth-order valence-corrected chi connectivity index (χ4v) is 3.32. The van der Waals surface area contributed by atoms with E-state index in [1.807, 2.05) is 48.5 Å². The Bertz CT molecular complexity index is 839. The van der Waals surface area contributed by atoms with Crippen LogP contribution in [-0.4, -0.2) is 45.7 Å². The van der Waals surface area contributed by atoms with E-state index in [4.69, 9.17) is 9.47 Å². The third kappa shape index (κ3) is 4.36. The van der Waals surface area contributed by atoms with Gasteiger partial charge < -0.3 is 25.0 Å². The Kier molecular flexibility index (Phi) is 6.37. The van der Waals surface area contributed by atoms with Crippen molar-refractivity contribution < 1.29 is 14.3 Å². The molecular formula is C21H26N4O3. The number of aliphatic imine (C=N–C) groups is 1. The molecule has 1 amide bonds. The van der Waals surface area contributed by atoms with Crippen LogP contribution in [0.3, 0.4) is 0 Å². The van der Waals surface area contributed by atoms with E-state index in [-0.39, 0.29) is 11.9 Å². The zero-order chi connectivity index (χ0) is 19.9. The first-order valence-corrected chi connectivity index (χ1v) is 9.18. The number of ether oxygens (including phenoxy) is 2. The second-order valence-electron chi connectivity index (χ2n) is 6.46. The highest BCUT2D eigenvalue weighted by molar-refractivity contribution is 5.97. The van der Waals surface area contributed by atoms with Crippen LogP contribution in [-0.2, 0) is 11.3 Å². The standard InChI is InChI=1S/C21H26N4O3/c1-22-21(23-13-15-8-7-11-18(27-2)20(15)28-3)24-16-12-19(26)25(14-16)17-9-5-4-6-10-17/h4-11,16H,12-14H2,1-3H3,(H2,22,23,24). The Morgan fingerprint density at radius 1 is 1.14 bits per heavy atom. The molecular weight excluding hydrogens is 356 g/mol. The first-order chi connectivity index (χ1) is 13.7. The lowest BCUT2D eigenvalue weighted by Gasteiger charge is -2.19. The maximum Gasteiger partial charge on any atom is 0.229 e. The third-order valence-electron chi connectivity index (χ3n) is 4.69. The van der Waals surface area contributed by atoms with Gasteiger partial charge in [0.05, 0.1) is 20.3 Å². The molecule has 1 fully saturated rings. The Balaban J connectivity index is 1.61. The zero-order valence-corrected chi connectivity index (χ0v) is 16.4. The van der Waals surface area contributed by atoms with Crippen molar-refractivity contribution in [3.63, 3.8) is 0 Å². The van der Waals surface area contributed by atoms with E-state index >= 15 is 0 Å². The summed E-state index contributed by atoms with van der Waals surface area (Å²) >= 11 is 0. The average molecular weight is 382 g/mol. The second-order valence-corrected chi connectivity index (χ2v) is 6.46. The van der Waals surface area contributed by atoms with Gasteiger partial charge in [-0.25, -0.2) is 0 Å². The van der Waals surface area contributed by atoms with Gasteiger partial charge in [0.1, 0.15) is 0 Å². The van der Waals surface area contributed by atoms with Gasteiger partial charge >= 0.3 is 0 Å². The van der Waals surface area contributed by atoms with Gasteiger partial charge in [-0.15, -0.1) is 0 Å². The van der Waals surface area contributed by atoms with E-state index in [0.29, 0.717) is 37.0 Å². The monoisotopic (exact) mass is 382 g/mol. The number of hydrogen-bond acceptors (Lipinski definition) is 4. The van der Waals surface area contributed by atoms with Gasteiger partial charge in [0.2, 0.25) is 5.91 Å². The summed E-state index contributed by atoms with van der Waals surface area (Å²) in [5.41, 5.74) is 1.87. The van der Waals surface area contributed by atoms with Crippen LogP contribution >= 0.6 is 0 Å². The number of benzene rings is 2. The number of nitrogens with zero attached hydrogens (tertiary/aromatic N) is 2. The molecule has 3 rings (SSSR count). The lowest BCUT2D eigenvalue weighted by Crippen LogP contribution is -2.44. The van der Waals surface area contributed by atoms with Crippen molar-refractivity contribution in [2.75, 3.05) is 32.7 Å². The molecule has 2 aromatic carbocycles. The van der Waals surface area contributed by atoms with Gasteiger partial charge in [-0.2, -0.15) is 0 Å². The maximum atomic E-state index is 12.4. The average Bonchev–Trinajstić information content (AvgIpc) is 3.11. The molecule has 148 valence electrons. The number of nitrogens with one attached hydrogen (secondary N) is 2. The largest absolute Gasteiger partial charge is 0.493 e. The minimum absolute atomic E-state index is 0.00823. The topological polar surface area (TPSA) is 75.2 Å². The molecule has 7 heteroatoms. The highest BCUT2D eigenvalue weighted by Gasteiger charge is 2.31. The van der Waals surface area contributed by atoms with Crippen molar-refractivity contribution in [1.29, 1.82) is 0 Å². The summed E-state index contributed by atoms with van der Waals surface area (Å²) in [7, 11) is 4.95. The van der Waals surface area contributed by atoms with Gasteiger partial charge in [0.25, 0.3) is 0 Å². The number of carbonyl (C=O) groups excluding carboxylic acids is 1. The SMILES string of the molecule is CN=C(NCc1cccc(OC)c1OC)NC1CC(=O)N(c2ccccc2)C1. The zero-order valence-electron chi connectivity index (χ0n) is 16.4. The molecule has 1 aliphatic rings. The summed E-state index contributed by atoms with van der Waals surface area (Å²) in [4.78, 5) is 18.5. The Labute approximate surface area is 165 Å². The van der Waals surface area contributed by atoms with Crippen LogP contribution in [0.1, 0.15) is 12.0 Å². The Morgan fingerprint density at radius 2 is 1.93 bits per heavy atom. The van der Waals surface area contributed by atoms with Crippen LogP contribution in [0.15, 0.2) is 53.5 Å². The first kappa shape index (κ1) is 19.5. The molecule has 1 heterocycles. The van der Waals surface area contributed by atoms with Gasteiger partial charge in [0.15, 0.2) is 17.5 Å². The second kappa shape index (κ2) is 9.12. The quantitative estimate of drug-likeness (QED) is 0.592. The summed E-state index contributed by atoms with van der Waals surface area (Å²) in [5, 5.41) is 6.62. The molecule has 28 heavy (non-hydrogen) atoms. The van der Waals surface area contributed by atoms with Crippen molar-refractivity contribution >= 4 is 17.6 Å². The summed E-state index contributed by atoms with van der Waals surface area (Å²) in [6, 6.07) is 15.4. The molecule has 0 saturated carbocycles. The van der Waals surface area contributed by atoms with E-state index in [9.17, 15) is 4.79 Å². The van der Waals surface area contributed by atoms with Crippen LogP contribution in [0.25, 0.3) is 0 Å². The van der Waals surface area contributed by atoms with Gasteiger partial charge in [0, 0.05) is 37.8 Å². The number of methoxy groups -OCH3 is 2. The van der Waals surface area contributed by atoms with Crippen molar-refractivity contribution in [2.45, 2.75) is 19.0 Å². The van der Waals surface area contributed by atoms with E-state index in [1.165, 1.54) is 0 Å². The number of anilines is 1. The molecule has 0 bridgehead atoms. The van der Waals surface area contributed by atoms with E-state index in [1.54, 1.807) is 26.2 Å². The molecule has 2 aromatic rings. The molecule has 0 aromatic heterocycles. The number of amides is 1. The van der Waals surface area contributed by atoms with Crippen molar-refractivity contribution in [1.82, 2.24) is 10.6 Å². The molecule has 2 N–H and O–H groups in total. The molecule has 7 nitrogen and oxygen atoms in total. The Morgan fingerprint density at radius 3 is 2.61 bits per heavy atom. The smallest absolute Gasteiger partial charge is 0.229 e. The molecule has 0 aliphatic carbocycles. The molecule has 1 atom stereocenters. The highest BCUT2D eigenvalue weighted by atomic mass is 16.5. The van der Waals surface area contributed by atoms with E-state index in [0.717, 1.165) is 11.3 Å². The predicted molar refractivity (Wildman–Crippen MR) is 110 cm³/mol. The number of rotatable bonds is 6. The summed E-state index contributed by atoms with van der Waals surface area (Å²) in [6.07, 6.45) is 0.429. The summed E-state index contributed by atoms with van der Waals surface area (Å²) in [5.74, 6) is 2.12. The summed E-state index contributed by atoms with van der Waals surface area (Å²) in [6.45, 7) is 1.12. The number of carbonyl (C=O) groups is 1. The number of para-hydroxylation sites is 2. The predicted octanol–water partition coefficient (Wildman–Crippen LogP) is 2.17. The van der Waals surface area contributed by atoms with E-state index in [2.05, 4.69) is 15.6 Å². The maximum absolute atomic E-state index is 12.4. The first-order valence-electron chi connectivity index (χ1n) is 9.18. The van der Waals surface area contributed by atoms with Crippen LogP contribution in [0.5, 0.6) is 11.5 Å². The summed E-state index contributed by atoms with van der Waals surface area (Å²) < 4.78 is 10.8. The van der Waals surface area contributed by atoms with Crippen LogP contribution in [0, 0.1) is 0 Å². The lowest BCUT2D eigenvalue weighted by atomic mass is 10.2. The fraction of sp³-hybridized carbons (Fsp3) is 0.333. The van der Waals surface area contributed by atoms with Gasteiger partial charge in [-0.1, -0.05) is 30.3 Å². The van der Waals surface area contributed by atoms with Gasteiger partial charge in [-0.05, 0) is 18.2 Å². The Hall–Kier alpha value is -3.22. The highest BCUT2D eigenvalue weighted by Crippen LogP contribution is 2.30. The van der Waals surface area contributed by atoms with Crippen molar-refractivity contribution in [3.8, 4) is 11.5 Å². The minimum atomic E-state index is -0.00823. The van der Waals surface area contributed by atoms with E-state index < -0.39 is 0 Å². The third-order valence-corrected chi connectivity index (χ3v) is 4.69. The van der Waals surface area contributed by atoms with Crippen molar-refractivity contribution in [3.05, 3.63) is 54.1 Å². The molecule has 1 saturated heterocycles. The molecule has 1 unspecified atom stereocenters. The van der Waals surface area contributed by atoms with Crippen molar-refractivity contribution in [2.24, 2.45) is 4.99 Å².